The Morgan fingerprint density at radius 1 is 1.20 bits per heavy atom. The second kappa shape index (κ2) is 6.68. The maximum atomic E-state index is 5.99. The molecule has 2 rings (SSSR count). The molecule has 0 aliphatic heterocycles. The first kappa shape index (κ1) is 14.8. The van der Waals surface area contributed by atoms with Gasteiger partial charge in [0.1, 0.15) is 5.82 Å². The minimum absolute atomic E-state index is 0.222. The molecule has 0 amide bonds. The molecule has 2 aromatic rings. The molecule has 4 heteroatoms. The first-order valence-electron chi connectivity index (χ1n) is 7.24. The van der Waals surface area contributed by atoms with E-state index in [0.29, 0.717) is 6.54 Å². The summed E-state index contributed by atoms with van der Waals surface area (Å²) >= 11 is 0. The predicted octanol–water partition coefficient (Wildman–Crippen LogP) is 2.43. The van der Waals surface area contributed by atoms with Crippen LogP contribution in [0.5, 0.6) is 0 Å². The molecule has 2 N–H and O–H groups in total. The van der Waals surface area contributed by atoms with Gasteiger partial charge >= 0.3 is 0 Å². The molecule has 1 heterocycles. The van der Waals surface area contributed by atoms with E-state index in [1.165, 1.54) is 5.69 Å². The van der Waals surface area contributed by atoms with Gasteiger partial charge in [-0.05, 0) is 13.1 Å². The number of rotatable bonds is 6. The molecule has 0 saturated heterocycles. The van der Waals surface area contributed by atoms with Gasteiger partial charge in [-0.2, -0.15) is 0 Å². The fourth-order valence-corrected chi connectivity index (χ4v) is 2.71. The Bertz CT molecular complexity index is 529. The molecular weight excluding hydrogens is 248 g/mol. The van der Waals surface area contributed by atoms with Crippen molar-refractivity contribution >= 4 is 0 Å². The highest BCUT2D eigenvalue weighted by Gasteiger charge is 2.21. The van der Waals surface area contributed by atoms with Crippen molar-refractivity contribution in [3.8, 4) is 11.4 Å². The van der Waals surface area contributed by atoms with Crippen molar-refractivity contribution < 1.29 is 0 Å². The first-order valence-corrected chi connectivity index (χ1v) is 7.24. The number of likely N-dealkylation sites (N-methyl/N-ethyl adjacent to an activating group) is 1. The van der Waals surface area contributed by atoms with Crippen molar-refractivity contribution in [2.45, 2.75) is 19.9 Å². The van der Waals surface area contributed by atoms with E-state index in [1.54, 1.807) is 0 Å². The second-order valence-corrected chi connectivity index (χ2v) is 4.90. The van der Waals surface area contributed by atoms with Gasteiger partial charge in [0.05, 0.1) is 17.9 Å². The molecule has 108 valence electrons. The molecule has 4 nitrogen and oxygen atoms in total. The number of hydrogen-bond acceptors (Lipinski definition) is 3. The van der Waals surface area contributed by atoms with Gasteiger partial charge in [-0.1, -0.05) is 44.2 Å². The summed E-state index contributed by atoms with van der Waals surface area (Å²) < 4.78 is 2.16. The van der Waals surface area contributed by atoms with Crippen molar-refractivity contribution in [2.75, 3.05) is 19.6 Å². The minimum Gasteiger partial charge on any atom is -0.330 e. The molecule has 1 aromatic heterocycles. The molecule has 1 aromatic carbocycles. The molecule has 0 aliphatic carbocycles. The van der Waals surface area contributed by atoms with E-state index < -0.39 is 0 Å². The third-order valence-corrected chi connectivity index (χ3v) is 3.87. The smallest absolute Gasteiger partial charge is 0.139 e. The second-order valence-electron chi connectivity index (χ2n) is 4.90. The van der Waals surface area contributed by atoms with Crippen LogP contribution >= 0.6 is 0 Å². The Morgan fingerprint density at radius 2 is 1.85 bits per heavy atom. The standard InChI is InChI=1S/C16H24N4/c1-4-20(5-2)14(11-17)15-12-18-16(19(15)3)13-9-7-6-8-10-13/h6-10,12,14H,4-5,11,17H2,1-3H3. The van der Waals surface area contributed by atoms with Gasteiger partial charge in [0.25, 0.3) is 0 Å². The van der Waals surface area contributed by atoms with Gasteiger partial charge in [0.15, 0.2) is 0 Å². The molecular formula is C16H24N4. The summed E-state index contributed by atoms with van der Waals surface area (Å²) in [6.45, 7) is 6.92. The Kier molecular flexibility index (Phi) is 4.93. The van der Waals surface area contributed by atoms with E-state index in [4.69, 9.17) is 5.73 Å². The quantitative estimate of drug-likeness (QED) is 0.878. The van der Waals surface area contributed by atoms with Crippen LogP contribution in [0.25, 0.3) is 11.4 Å². The molecule has 20 heavy (non-hydrogen) atoms. The lowest BCUT2D eigenvalue weighted by atomic mass is 10.1. The lowest BCUT2D eigenvalue weighted by molar-refractivity contribution is 0.217. The Morgan fingerprint density at radius 3 is 2.40 bits per heavy atom. The fourth-order valence-electron chi connectivity index (χ4n) is 2.71. The first-order chi connectivity index (χ1) is 9.72. The van der Waals surface area contributed by atoms with Gasteiger partial charge in [0.2, 0.25) is 0 Å². The SMILES string of the molecule is CCN(CC)C(CN)c1cnc(-c2ccccc2)n1C. The zero-order valence-electron chi connectivity index (χ0n) is 12.6. The van der Waals surface area contributed by atoms with Crippen LogP contribution in [0.4, 0.5) is 0 Å². The van der Waals surface area contributed by atoms with Crippen molar-refractivity contribution in [2.24, 2.45) is 12.8 Å². The van der Waals surface area contributed by atoms with E-state index in [9.17, 15) is 0 Å². The topological polar surface area (TPSA) is 47.1 Å². The van der Waals surface area contributed by atoms with Crippen molar-refractivity contribution in [1.29, 1.82) is 0 Å². The monoisotopic (exact) mass is 272 g/mol. The zero-order chi connectivity index (χ0) is 14.5. The average Bonchev–Trinajstić information content (AvgIpc) is 2.87. The highest BCUT2D eigenvalue weighted by molar-refractivity contribution is 5.55. The van der Waals surface area contributed by atoms with Crippen LogP contribution in [0.2, 0.25) is 0 Å². The third kappa shape index (κ3) is 2.76. The van der Waals surface area contributed by atoms with Crippen LogP contribution in [0.1, 0.15) is 25.6 Å². The molecule has 0 bridgehead atoms. The lowest BCUT2D eigenvalue weighted by Crippen LogP contribution is -2.34. The number of nitrogens with zero attached hydrogens (tertiary/aromatic N) is 3. The number of benzene rings is 1. The summed E-state index contributed by atoms with van der Waals surface area (Å²) in [4.78, 5) is 6.95. The maximum Gasteiger partial charge on any atom is 0.139 e. The van der Waals surface area contributed by atoms with Crippen molar-refractivity contribution in [3.63, 3.8) is 0 Å². The number of hydrogen-bond donors (Lipinski definition) is 1. The van der Waals surface area contributed by atoms with Crippen LogP contribution in [-0.2, 0) is 7.05 Å². The van der Waals surface area contributed by atoms with E-state index in [1.807, 2.05) is 24.4 Å². The summed E-state index contributed by atoms with van der Waals surface area (Å²) in [5, 5.41) is 0. The highest BCUT2D eigenvalue weighted by Crippen LogP contribution is 2.24. The van der Waals surface area contributed by atoms with Crippen LogP contribution in [0.3, 0.4) is 0 Å². The predicted molar refractivity (Wildman–Crippen MR) is 83.4 cm³/mol. The minimum atomic E-state index is 0.222. The summed E-state index contributed by atoms with van der Waals surface area (Å²) in [7, 11) is 2.07. The molecule has 0 aliphatic rings. The summed E-state index contributed by atoms with van der Waals surface area (Å²) in [5.41, 5.74) is 8.30. The van der Waals surface area contributed by atoms with Crippen molar-refractivity contribution in [3.05, 3.63) is 42.2 Å². The number of nitrogens with two attached hydrogens (primary N) is 1. The van der Waals surface area contributed by atoms with Crippen LogP contribution in [-0.4, -0.2) is 34.1 Å². The van der Waals surface area contributed by atoms with Crippen molar-refractivity contribution in [1.82, 2.24) is 14.5 Å². The van der Waals surface area contributed by atoms with E-state index >= 15 is 0 Å². The van der Waals surface area contributed by atoms with Crippen LogP contribution in [0, 0.1) is 0 Å². The third-order valence-electron chi connectivity index (χ3n) is 3.87. The zero-order valence-corrected chi connectivity index (χ0v) is 12.6. The molecule has 0 fully saturated rings. The summed E-state index contributed by atoms with van der Waals surface area (Å²) in [5.74, 6) is 0.992. The Hall–Kier alpha value is -1.65. The number of aromatic nitrogens is 2. The molecule has 1 unspecified atom stereocenters. The lowest BCUT2D eigenvalue weighted by Gasteiger charge is -2.28. The summed E-state index contributed by atoms with van der Waals surface area (Å²) in [6.07, 6.45) is 1.96. The Labute approximate surface area is 121 Å². The van der Waals surface area contributed by atoms with Gasteiger partial charge < -0.3 is 10.3 Å². The number of imidazole rings is 1. The Balaban J connectivity index is 2.37. The van der Waals surface area contributed by atoms with Gasteiger partial charge in [-0.3, -0.25) is 4.90 Å². The van der Waals surface area contributed by atoms with E-state index in [0.717, 1.165) is 24.5 Å². The van der Waals surface area contributed by atoms with Crippen LogP contribution in [0.15, 0.2) is 36.5 Å². The fraction of sp³-hybridized carbons (Fsp3) is 0.438. The molecule has 1 atom stereocenters. The molecule has 0 spiro atoms. The normalized spacial score (nSPS) is 12.8. The van der Waals surface area contributed by atoms with Crippen LogP contribution < -0.4 is 5.73 Å². The highest BCUT2D eigenvalue weighted by atomic mass is 15.2. The average molecular weight is 272 g/mol. The maximum absolute atomic E-state index is 5.99. The van der Waals surface area contributed by atoms with E-state index in [-0.39, 0.29) is 6.04 Å². The molecule has 0 saturated carbocycles. The van der Waals surface area contributed by atoms with Gasteiger partial charge in [0, 0.05) is 19.2 Å². The molecule has 0 radical (unpaired) electrons. The van der Waals surface area contributed by atoms with E-state index in [2.05, 4.69) is 47.5 Å². The largest absolute Gasteiger partial charge is 0.330 e. The summed E-state index contributed by atoms with van der Waals surface area (Å²) in [6, 6.07) is 10.5. The van der Waals surface area contributed by atoms with Gasteiger partial charge in [-0.15, -0.1) is 0 Å². The van der Waals surface area contributed by atoms with Gasteiger partial charge in [-0.25, -0.2) is 4.98 Å².